The van der Waals surface area contributed by atoms with Gasteiger partial charge in [-0.15, -0.1) is 0 Å². The van der Waals surface area contributed by atoms with Gasteiger partial charge in [-0.3, -0.25) is 9.36 Å². The lowest BCUT2D eigenvalue weighted by atomic mass is 9.60. The molecule has 192 valence electrons. The van der Waals surface area contributed by atoms with Crippen molar-refractivity contribution < 1.29 is 13.9 Å². The molecule has 37 heavy (non-hydrogen) atoms. The largest absolute Gasteiger partial charge is 0.380 e. The summed E-state index contributed by atoms with van der Waals surface area (Å²) in [6.45, 7) is 1.71. The molecular weight excluding hydrogens is 497 g/mol. The Bertz CT molecular complexity index is 1390. The SMILES string of the molecule is N#Cc1cc(F)c(Nc2nc3cnc(CC4CC5(COC5)C4)nc3n2C2CCC(C(N)=O)CC2)c(Cl)c1. The van der Waals surface area contributed by atoms with Gasteiger partial charge in [-0.25, -0.2) is 19.3 Å². The van der Waals surface area contributed by atoms with E-state index < -0.39 is 5.82 Å². The maximum Gasteiger partial charge on any atom is 0.220 e. The lowest BCUT2D eigenvalue weighted by Gasteiger charge is -2.53. The Kier molecular flexibility index (Phi) is 6.00. The van der Waals surface area contributed by atoms with Gasteiger partial charge in [-0.05, 0) is 56.6 Å². The van der Waals surface area contributed by atoms with Gasteiger partial charge in [-0.2, -0.15) is 5.26 Å². The van der Waals surface area contributed by atoms with Crippen molar-refractivity contribution in [1.29, 1.82) is 5.26 Å². The molecule has 0 unspecified atom stereocenters. The first-order valence-corrected chi connectivity index (χ1v) is 13.0. The molecule has 0 radical (unpaired) electrons. The molecule has 1 saturated heterocycles. The molecule has 6 rings (SSSR count). The molecule has 3 N–H and O–H groups in total. The van der Waals surface area contributed by atoms with Crippen molar-refractivity contribution in [2.24, 2.45) is 23.0 Å². The zero-order chi connectivity index (χ0) is 25.7. The Labute approximate surface area is 218 Å². The van der Waals surface area contributed by atoms with E-state index in [-0.39, 0.29) is 34.1 Å². The number of ether oxygens (including phenoxy) is 1. The third kappa shape index (κ3) is 4.40. The fourth-order valence-corrected chi connectivity index (χ4v) is 6.40. The molecule has 1 spiro atoms. The van der Waals surface area contributed by atoms with E-state index in [0.29, 0.717) is 54.1 Å². The molecule has 3 aliphatic rings. The van der Waals surface area contributed by atoms with Crippen molar-refractivity contribution in [3.63, 3.8) is 0 Å². The van der Waals surface area contributed by atoms with Gasteiger partial charge in [0, 0.05) is 23.8 Å². The van der Waals surface area contributed by atoms with E-state index in [2.05, 4.69) is 10.3 Å². The molecule has 11 heteroatoms. The molecule has 1 aromatic carbocycles. The number of primary amides is 1. The van der Waals surface area contributed by atoms with E-state index in [4.69, 9.17) is 37.3 Å². The predicted octanol–water partition coefficient (Wildman–Crippen LogP) is 4.42. The molecule has 1 amide bonds. The molecule has 0 atom stereocenters. The van der Waals surface area contributed by atoms with Crippen LogP contribution in [0.1, 0.15) is 56.0 Å². The monoisotopic (exact) mass is 523 g/mol. The maximum atomic E-state index is 14.9. The van der Waals surface area contributed by atoms with E-state index in [9.17, 15) is 9.18 Å². The molecule has 1 aliphatic heterocycles. The fraction of sp³-hybridized carbons (Fsp3) is 0.500. The van der Waals surface area contributed by atoms with Crippen molar-refractivity contribution in [3.05, 3.63) is 40.6 Å². The van der Waals surface area contributed by atoms with Crippen molar-refractivity contribution in [2.45, 2.75) is 51.0 Å². The smallest absolute Gasteiger partial charge is 0.220 e. The lowest BCUT2D eigenvalue weighted by Crippen LogP contribution is -2.52. The molecule has 3 fully saturated rings. The summed E-state index contributed by atoms with van der Waals surface area (Å²) in [5, 5.41) is 12.3. The van der Waals surface area contributed by atoms with E-state index in [1.54, 1.807) is 6.20 Å². The molecule has 9 nitrogen and oxygen atoms in total. The topological polar surface area (TPSA) is 132 Å². The summed E-state index contributed by atoms with van der Waals surface area (Å²) >= 11 is 6.32. The maximum absolute atomic E-state index is 14.9. The Morgan fingerprint density at radius 1 is 1.27 bits per heavy atom. The number of aromatic nitrogens is 4. The number of fused-ring (bicyclic) bond motifs is 1. The quantitative estimate of drug-likeness (QED) is 0.488. The standard InChI is InChI=1S/C26H27ClFN7O2/c27-18-5-14(10-29)6-19(28)22(18)34-25-32-20-11-31-21(7-15-8-26(9-15)12-37-13-26)33-24(20)35(25)17-3-1-16(2-4-17)23(30)36/h5-6,11,15-17H,1-4,7-9,12-13H2,(H2,30,36)(H,32,34). The Balaban J connectivity index is 1.34. The lowest BCUT2D eigenvalue weighted by molar-refractivity contribution is -0.178. The number of nitrogens with one attached hydrogen (secondary N) is 1. The van der Waals surface area contributed by atoms with Crippen LogP contribution in [0.4, 0.5) is 16.0 Å². The summed E-state index contributed by atoms with van der Waals surface area (Å²) in [6.07, 6.45) is 7.51. The molecular formula is C26H27ClFN7O2. The number of hydrogen-bond acceptors (Lipinski definition) is 7. The summed E-state index contributed by atoms with van der Waals surface area (Å²) in [5.74, 6) is 0.606. The first-order valence-electron chi connectivity index (χ1n) is 12.6. The van der Waals surface area contributed by atoms with E-state index in [1.807, 2.05) is 10.6 Å². The number of halogens is 2. The van der Waals surface area contributed by atoms with Gasteiger partial charge in [0.05, 0.1) is 41.8 Å². The zero-order valence-corrected chi connectivity index (χ0v) is 21.0. The molecule has 0 bridgehead atoms. The van der Waals surface area contributed by atoms with Gasteiger partial charge >= 0.3 is 0 Å². The predicted molar refractivity (Wildman–Crippen MR) is 135 cm³/mol. The van der Waals surface area contributed by atoms with Gasteiger partial charge in [0.15, 0.2) is 5.65 Å². The van der Waals surface area contributed by atoms with Crippen molar-refractivity contribution in [3.8, 4) is 6.07 Å². The number of carbonyl (C=O) groups excluding carboxylic acids is 1. The van der Waals surface area contributed by atoms with E-state index >= 15 is 0 Å². The van der Waals surface area contributed by atoms with E-state index in [0.717, 1.165) is 44.4 Å². The molecule has 2 aliphatic carbocycles. The number of hydrogen-bond donors (Lipinski definition) is 2. The van der Waals surface area contributed by atoms with Crippen LogP contribution in [0, 0.1) is 34.4 Å². The summed E-state index contributed by atoms with van der Waals surface area (Å²) in [7, 11) is 0. The Morgan fingerprint density at radius 3 is 2.65 bits per heavy atom. The van der Waals surface area contributed by atoms with Gasteiger partial charge < -0.3 is 15.8 Å². The number of nitrogens with two attached hydrogens (primary N) is 1. The highest BCUT2D eigenvalue weighted by molar-refractivity contribution is 6.33. The fourth-order valence-electron chi connectivity index (χ4n) is 6.14. The number of rotatable bonds is 6. The molecule has 2 saturated carbocycles. The number of nitriles is 1. The van der Waals surface area contributed by atoms with Crippen molar-refractivity contribution in [1.82, 2.24) is 19.5 Å². The molecule has 3 aromatic rings. The second kappa shape index (κ2) is 9.23. The van der Waals surface area contributed by atoms with Gasteiger partial charge in [0.2, 0.25) is 11.9 Å². The van der Waals surface area contributed by atoms with Crippen LogP contribution in [0.3, 0.4) is 0 Å². The summed E-state index contributed by atoms with van der Waals surface area (Å²) in [6, 6.07) is 4.44. The first-order chi connectivity index (χ1) is 17.8. The normalized spacial score (nSPS) is 22.8. The Hall–Kier alpha value is -3.29. The van der Waals surface area contributed by atoms with Crippen LogP contribution in [0.25, 0.3) is 11.2 Å². The minimum Gasteiger partial charge on any atom is -0.380 e. The highest BCUT2D eigenvalue weighted by atomic mass is 35.5. The average Bonchev–Trinajstić information content (AvgIpc) is 3.19. The highest BCUT2D eigenvalue weighted by Crippen LogP contribution is 2.51. The Morgan fingerprint density at radius 2 is 2.03 bits per heavy atom. The van der Waals surface area contributed by atoms with Crippen LogP contribution in [0.15, 0.2) is 18.3 Å². The van der Waals surface area contributed by atoms with Gasteiger partial charge in [0.1, 0.15) is 17.2 Å². The second-order valence-electron chi connectivity index (χ2n) is 10.7. The van der Waals surface area contributed by atoms with Gasteiger partial charge in [0.25, 0.3) is 0 Å². The van der Waals surface area contributed by atoms with Crippen LogP contribution in [-0.2, 0) is 16.0 Å². The van der Waals surface area contributed by atoms with Crippen LogP contribution in [0.5, 0.6) is 0 Å². The van der Waals surface area contributed by atoms with Crippen LogP contribution in [0.2, 0.25) is 5.02 Å². The van der Waals surface area contributed by atoms with Crippen molar-refractivity contribution >= 4 is 40.3 Å². The third-order valence-corrected chi connectivity index (χ3v) is 8.38. The summed E-state index contributed by atoms with van der Waals surface area (Å²) < 4.78 is 22.3. The first kappa shape index (κ1) is 24.1. The number of carbonyl (C=O) groups is 1. The number of amides is 1. The summed E-state index contributed by atoms with van der Waals surface area (Å²) in [5.41, 5.74) is 7.35. The van der Waals surface area contributed by atoms with Crippen LogP contribution < -0.4 is 11.1 Å². The van der Waals surface area contributed by atoms with E-state index in [1.165, 1.54) is 6.07 Å². The number of benzene rings is 1. The second-order valence-corrected chi connectivity index (χ2v) is 11.1. The minimum absolute atomic E-state index is 0.00911. The van der Waals surface area contributed by atoms with Gasteiger partial charge in [-0.1, -0.05) is 11.6 Å². The number of nitrogens with zero attached hydrogens (tertiary/aromatic N) is 5. The minimum atomic E-state index is -0.647. The van der Waals surface area contributed by atoms with Crippen LogP contribution >= 0.6 is 11.6 Å². The number of imidazole rings is 1. The van der Waals surface area contributed by atoms with Crippen molar-refractivity contribution in [2.75, 3.05) is 18.5 Å². The molecule has 2 aromatic heterocycles. The summed E-state index contributed by atoms with van der Waals surface area (Å²) in [4.78, 5) is 25.9. The van der Waals surface area contributed by atoms with Crippen LogP contribution in [-0.4, -0.2) is 38.6 Å². The third-order valence-electron chi connectivity index (χ3n) is 8.09. The highest BCUT2D eigenvalue weighted by Gasteiger charge is 2.49. The average molecular weight is 524 g/mol. The zero-order valence-electron chi connectivity index (χ0n) is 20.2. The molecule has 3 heterocycles. The number of anilines is 2.